The fourth-order valence-electron chi connectivity index (χ4n) is 10.8. The van der Waals surface area contributed by atoms with Crippen molar-refractivity contribution in [3.8, 4) is 5.75 Å². The first-order valence-electron chi connectivity index (χ1n) is 19.8. The molecule has 7 aliphatic carbocycles. The molecule has 4 nitrogen and oxygen atoms in total. The summed E-state index contributed by atoms with van der Waals surface area (Å²) in [5.74, 6) is 2.34. The van der Waals surface area contributed by atoms with Crippen molar-refractivity contribution in [3.63, 3.8) is 0 Å². The minimum absolute atomic E-state index is 0.0186. The van der Waals surface area contributed by atoms with Crippen LogP contribution >= 0.6 is 0 Å². The van der Waals surface area contributed by atoms with Crippen molar-refractivity contribution >= 4 is 0 Å². The van der Waals surface area contributed by atoms with Gasteiger partial charge in [0.15, 0.2) is 0 Å². The fourth-order valence-corrected chi connectivity index (χ4v) is 10.8. The summed E-state index contributed by atoms with van der Waals surface area (Å²) in [6.45, 7) is 0. The molecule has 0 N–H and O–H groups in total. The van der Waals surface area contributed by atoms with Gasteiger partial charge < -0.3 is 19.3 Å². The molecule has 0 bridgehead atoms. The maximum atomic E-state index is 7.05. The molecule has 3 aliphatic heterocycles. The summed E-state index contributed by atoms with van der Waals surface area (Å²) in [5.41, 5.74) is 11.0. The van der Waals surface area contributed by atoms with E-state index in [9.17, 15) is 0 Å². The molecule has 10 aliphatic rings. The molecule has 1 fully saturated rings. The van der Waals surface area contributed by atoms with Gasteiger partial charge in [0.1, 0.15) is 18.0 Å². The van der Waals surface area contributed by atoms with Gasteiger partial charge in [-0.15, -0.1) is 0 Å². The van der Waals surface area contributed by atoms with Crippen molar-refractivity contribution in [2.24, 2.45) is 17.8 Å². The molecule has 0 spiro atoms. The zero-order valence-corrected chi connectivity index (χ0v) is 29.6. The third-order valence-electron chi connectivity index (χ3n) is 13.1. The largest absolute Gasteiger partial charge is 0.485 e. The molecule has 9 atom stereocenters. The minimum Gasteiger partial charge on any atom is -0.485 e. The summed E-state index contributed by atoms with van der Waals surface area (Å²) >= 11 is 0. The van der Waals surface area contributed by atoms with E-state index in [0.29, 0.717) is 29.8 Å². The Hall–Kier alpha value is -4.80. The van der Waals surface area contributed by atoms with E-state index in [1.165, 1.54) is 51.5 Å². The molecule has 0 radical (unpaired) electrons. The van der Waals surface area contributed by atoms with Gasteiger partial charge in [0.25, 0.3) is 0 Å². The van der Waals surface area contributed by atoms with E-state index in [1.807, 2.05) is 0 Å². The molecular weight excluding hydrogens is 637 g/mol. The first kappa shape index (κ1) is 30.8. The lowest BCUT2D eigenvalue weighted by Gasteiger charge is -2.42. The van der Waals surface area contributed by atoms with E-state index in [-0.39, 0.29) is 24.2 Å². The molecule has 4 heteroatoms. The quantitative estimate of drug-likeness (QED) is 0.289. The van der Waals surface area contributed by atoms with Crippen molar-refractivity contribution in [1.82, 2.24) is 9.80 Å². The number of hydrogen-bond donors (Lipinski definition) is 0. The van der Waals surface area contributed by atoms with Crippen LogP contribution in [0.2, 0.25) is 0 Å². The van der Waals surface area contributed by atoms with E-state index in [1.54, 1.807) is 0 Å². The summed E-state index contributed by atoms with van der Waals surface area (Å²) in [5, 5.41) is 0. The first-order valence-corrected chi connectivity index (χ1v) is 19.8. The van der Waals surface area contributed by atoms with Crippen LogP contribution in [-0.4, -0.2) is 40.2 Å². The van der Waals surface area contributed by atoms with Gasteiger partial charge in [0.05, 0.1) is 29.8 Å². The standard InChI is InChI=1S/C48H46N2O2/c1-3-13-31(14-4-1)32-25-27-35-39-30-34(26-28-40(39)49(43(35)29-32)33-15-5-2-6-16-33)50(41-20-12-24-46-47(41)38-18-8-10-23-45(38)51-46)42-21-11-19-37-36-17-7-9-22-44(36)52-48(37)42/h2-3,5-6,8-15,18-25,27,29-30,33,35-37,43-44,46-48H,1,4,7,16-17,26,28H2. The highest BCUT2D eigenvalue weighted by Crippen LogP contribution is 2.53. The number of hydrogen-bond acceptors (Lipinski definition) is 4. The summed E-state index contributed by atoms with van der Waals surface area (Å²) in [7, 11) is 0. The lowest BCUT2D eigenvalue weighted by atomic mass is 9.78. The van der Waals surface area contributed by atoms with E-state index in [2.05, 4.69) is 150 Å². The van der Waals surface area contributed by atoms with Crippen LogP contribution in [0.1, 0.15) is 56.4 Å². The third kappa shape index (κ3) is 4.83. The Labute approximate surface area is 307 Å². The Morgan fingerprint density at radius 1 is 0.769 bits per heavy atom. The Bertz CT molecular complexity index is 2110. The number of para-hydroxylation sites is 1. The smallest absolute Gasteiger partial charge is 0.130 e. The summed E-state index contributed by atoms with van der Waals surface area (Å²) in [6, 6.07) is 9.33. The molecular formula is C48H46N2O2. The van der Waals surface area contributed by atoms with E-state index in [0.717, 1.165) is 44.3 Å². The number of allylic oxidation sites excluding steroid dienone is 16. The SMILES string of the molecule is C1=CCC(N2C3=C(C=C(N(C4=CC=CC5C4OC4C=CCCC45)C4=CC=CC5Oc6ccccc6C45)CC3)C3C=CC(C4=CCCC=C4)=CC32)C=C1. The number of benzene rings is 1. The van der Waals surface area contributed by atoms with Crippen LogP contribution in [0, 0.1) is 17.8 Å². The van der Waals surface area contributed by atoms with Gasteiger partial charge in [0.2, 0.25) is 0 Å². The fraction of sp³-hybridized carbons (Fsp3) is 0.333. The second-order valence-electron chi connectivity index (χ2n) is 15.9. The molecule has 0 amide bonds. The van der Waals surface area contributed by atoms with Gasteiger partial charge in [-0.3, -0.25) is 0 Å². The van der Waals surface area contributed by atoms with Crippen LogP contribution in [0.15, 0.2) is 179 Å². The normalized spacial score (nSPS) is 35.7. The highest BCUT2D eigenvalue weighted by Gasteiger charge is 2.50. The number of ether oxygens (including phenoxy) is 2. The van der Waals surface area contributed by atoms with Gasteiger partial charge in [0, 0.05) is 34.5 Å². The second kappa shape index (κ2) is 12.4. The number of fused-ring (bicyclic) bond motifs is 8. The maximum absolute atomic E-state index is 7.05. The molecule has 1 saturated heterocycles. The van der Waals surface area contributed by atoms with Crippen LogP contribution < -0.4 is 4.74 Å². The summed E-state index contributed by atoms with van der Waals surface area (Å²) < 4.78 is 13.7. The first-order chi connectivity index (χ1) is 25.8. The minimum atomic E-state index is -0.0186. The van der Waals surface area contributed by atoms with Gasteiger partial charge in [-0.25, -0.2) is 0 Å². The topological polar surface area (TPSA) is 24.9 Å². The highest BCUT2D eigenvalue weighted by molar-refractivity contribution is 5.57. The Morgan fingerprint density at radius 2 is 1.71 bits per heavy atom. The van der Waals surface area contributed by atoms with Gasteiger partial charge in [-0.1, -0.05) is 109 Å². The van der Waals surface area contributed by atoms with Crippen LogP contribution in [-0.2, 0) is 4.74 Å². The van der Waals surface area contributed by atoms with E-state index >= 15 is 0 Å². The van der Waals surface area contributed by atoms with Gasteiger partial charge in [-0.2, -0.15) is 0 Å². The third-order valence-corrected chi connectivity index (χ3v) is 13.1. The van der Waals surface area contributed by atoms with E-state index < -0.39 is 0 Å². The molecule has 11 rings (SSSR count). The Morgan fingerprint density at radius 3 is 2.63 bits per heavy atom. The Balaban J connectivity index is 1.03. The van der Waals surface area contributed by atoms with Gasteiger partial charge >= 0.3 is 0 Å². The molecule has 260 valence electrons. The molecule has 1 aromatic carbocycles. The zero-order valence-electron chi connectivity index (χ0n) is 29.6. The van der Waals surface area contributed by atoms with Crippen molar-refractivity contribution in [3.05, 3.63) is 185 Å². The predicted molar refractivity (Wildman–Crippen MR) is 208 cm³/mol. The zero-order chi connectivity index (χ0) is 34.2. The van der Waals surface area contributed by atoms with Crippen molar-refractivity contribution in [2.45, 2.75) is 81.3 Å². The van der Waals surface area contributed by atoms with Crippen LogP contribution in [0.3, 0.4) is 0 Å². The Kier molecular flexibility index (Phi) is 7.35. The lowest BCUT2D eigenvalue weighted by molar-refractivity contribution is 0.0628. The monoisotopic (exact) mass is 682 g/mol. The van der Waals surface area contributed by atoms with Gasteiger partial charge in [-0.05, 0) is 98.0 Å². The number of nitrogens with zero attached hydrogens (tertiary/aromatic N) is 2. The molecule has 0 aromatic heterocycles. The van der Waals surface area contributed by atoms with Crippen LogP contribution in [0.25, 0.3) is 0 Å². The lowest BCUT2D eigenvalue weighted by Crippen LogP contribution is -2.41. The molecule has 3 heterocycles. The average Bonchev–Trinajstić information content (AvgIpc) is 3.88. The molecule has 52 heavy (non-hydrogen) atoms. The van der Waals surface area contributed by atoms with Crippen molar-refractivity contribution in [2.75, 3.05) is 0 Å². The highest BCUT2D eigenvalue weighted by atomic mass is 16.5. The van der Waals surface area contributed by atoms with E-state index in [4.69, 9.17) is 9.47 Å². The summed E-state index contributed by atoms with van der Waals surface area (Å²) in [6.07, 6.45) is 52.8. The molecule has 1 aromatic rings. The molecule has 9 unspecified atom stereocenters. The van der Waals surface area contributed by atoms with Crippen molar-refractivity contribution < 1.29 is 9.47 Å². The van der Waals surface area contributed by atoms with Crippen LogP contribution in [0.5, 0.6) is 5.75 Å². The maximum Gasteiger partial charge on any atom is 0.130 e. The number of rotatable bonds is 5. The second-order valence-corrected chi connectivity index (χ2v) is 15.9. The summed E-state index contributed by atoms with van der Waals surface area (Å²) in [4.78, 5) is 5.43. The predicted octanol–water partition coefficient (Wildman–Crippen LogP) is 9.98. The molecule has 0 saturated carbocycles. The van der Waals surface area contributed by atoms with Crippen LogP contribution in [0.4, 0.5) is 0 Å². The average molecular weight is 683 g/mol. The van der Waals surface area contributed by atoms with Crippen molar-refractivity contribution in [1.29, 1.82) is 0 Å².